The molecule has 2 heterocycles. The van der Waals surface area contributed by atoms with E-state index in [9.17, 15) is 9.59 Å². The predicted octanol–water partition coefficient (Wildman–Crippen LogP) is 3.46. The lowest BCUT2D eigenvalue weighted by Gasteiger charge is -2.34. The van der Waals surface area contributed by atoms with E-state index in [1.54, 1.807) is 0 Å². The standard InChI is InChI=1S/C22H29N3O5/c1-5-28-17-9-7-6-8-16(17)19-23-18(30-24-19)14-29-20(26)15-10-12-25(13-11-15)21(27)22(2,3)4/h6-9,15H,5,10-14H2,1-4H3. The van der Waals surface area contributed by atoms with Gasteiger partial charge in [0.15, 0.2) is 6.61 Å². The number of rotatable bonds is 6. The molecular formula is C22H29N3O5. The van der Waals surface area contributed by atoms with Gasteiger partial charge in [-0.3, -0.25) is 9.59 Å². The summed E-state index contributed by atoms with van der Waals surface area (Å²) >= 11 is 0. The van der Waals surface area contributed by atoms with Crippen molar-refractivity contribution >= 4 is 11.9 Å². The van der Waals surface area contributed by atoms with Crippen molar-refractivity contribution < 1.29 is 23.6 Å². The molecule has 0 saturated carbocycles. The van der Waals surface area contributed by atoms with Gasteiger partial charge in [-0.15, -0.1) is 0 Å². The quantitative estimate of drug-likeness (QED) is 0.667. The minimum atomic E-state index is -0.413. The molecule has 0 bridgehead atoms. The van der Waals surface area contributed by atoms with Gasteiger partial charge in [0.05, 0.1) is 18.1 Å². The van der Waals surface area contributed by atoms with Crippen LogP contribution < -0.4 is 4.74 Å². The van der Waals surface area contributed by atoms with Crippen LogP contribution in [0.5, 0.6) is 5.75 Å². The van der Waals surface area contributed by atoms with Crippen molar-refractivity contribution in [2.24, 2.45) is 11.3 Å². The third-order valence-electron chi connectivity index (χ3n) is 4.99. The molecule has 1 aromatic heterocycles. The van der Waals surface area contributed by atoms with E-state index in [0.29, 0.717) is 44.1 Å². The maximum absolute atomic E-state index is 12.4. The van der Waals surface area contributed by atoms with Gasteiger partial charge in [0, 0.05) is 18.5 Å². The Labute approximate surface area is 176 Å². The van der Waals surface area contributed by atoms with Gasteiger partial charge < -0.3 is 18.9 Å². The highest BCUT2D eigenvalue weighted by Crippen LogP contribution is 2.28. The number of likely N-dealkylation sites (tertiary alicyclic amines) is 1. The zero-order chi connectivity index (χ0) is 21.7. The molecule has 1 fully saturated rings. The average molecular weight is 415 g/mol. The van der Waals surface area contributed by atoms with Gasteiger partial charge in [0.1, 0.15) is 5.75 Å². The van der Waals surface area contributed by atoms with Gasteiger partial charge in [-0.05, 0) is 31.9 Å². The lowest BCUT2D eigenvalue weighted by atomic mass is 9.91. The molecule has 0 unspecified atom stereocenters. The van der Waals surface area contributed by atoms with Gasteiger partial charge in [-0.25, -0.2) is 0 Å². The monoisotopic (exact) mass is 415 g/mol. The van der Waals surface area contributed by atoms with Crippen molar-refractivity contribution in [1.29, 1.82) is 0 Å². The number of nitrogens with zero attached hydrogens (tertiary/aromatic N) is 3. The van der Waals surface area contributed by atoms with E-state index in [1.807, 2.05) is 56.9 Å². The molecule has 1 aliphatic heterocycles. The van der Waals surface area contributed by atoms with Gasteiger partial charge >= 0.3 is 5.97 Å². The Hall–Kier alpha value is -2.90. The summed E-state index contributed by atoms with van der Waals surface area (Å²) in [7, 11) is 0. The molecular weight excluding hydrogens is 386 g/mol. The number of amides is 1. The second-order valence-electron chi connectivity index (χ2n) is 8.37. The summed E-state index contributed by atoms with van der Waals surface area (Å²) < 4.78 is 16.2. The highest BCUT2D eigenvalue weighted by Gasteiger charge is 2.33. The molecule has 1 amide bonds. The Bertz CT molecular complexity index is 879. The van der Waals surface area contributed by atoms with Gasteiger partial charge in [0.2, 0.25) is 11.7 Å². The molecule has 3 rings (SSSR count). The second-order valence-corrected chi connectivity index (χ2v) is 8.37. The van der Waals surface area contributed by atoms with Gasteiger partial charge in [-0.2, -0.15) is 4.98 Å². The van der Waals surface area contributed by atoms with Crippen molar-refractivity contribution in [3.05, 3.63) is 30.2 Å². The highest BCUT2D eigenvalue weighted by molar-refractivity contribution is 5.82. The third kappa shape index (κ3) is 5.17. The summed E-state index contributed by atoms with van der Waals surface area (Å²) in [6.07, 6.45) is 1.19. The molecule has 0 spiro atoms. The number of benzene rings is 1. The van der Waals surface area contributed by atoms with Crippen LogP contribution in [0.1, 0.15) is 46.4 Å². The Morgan fingerprint density at radius 3 is 2.57 bits per heavy atom. The molecule has 30 heavy (non-hydrogen) atoms. The summed E-state index contributed by atoms with van der Waals surface area (Å²) in [6, 6.07) is 7.42. The first-order chi connectivity index (χ1) is 14.3. The van der Waals surface area contributed by atoms with Crippen LogP contribution in [0.4, 0.5) is 0 Å². The van der Waals surface area contributed by atoms with E-state index < -0.39 is 5.41 Å². The molecule has 0 atom stereocenters. The minimum Gasteiger partial charge on any atom is -0.493 e. The number of hydrogen-bond donors (Lipinski definition) is 0. The van der Waals surface area contributed by atoms with Crippen LogP contribution in [0.2, 0.25) is 0 Å². The van der Waals surface area contributed by atoms with Crippen LogP contribution >= 0.6 is 0 Å². The number of carbonyl (C=O) groups excluding carboxylic acids is 2. The summed E-state index contributed by atoms with van der Waals surface area (Å²) in [6.45, 7) is 9.19. The first-order valence-electron chi connectivity index (χ1n) is 10.3. The first-order valence-corrected chi connectivity index (χ1v) is 10.3. The second kappa shape index (κ2) is 9.28. The van der Waals surface area contributed by atoms with Crippen LogP contribution in [0.3, 0.4) is 0 Å². The molecule has 1 aliphatic rings. The molecule has 2 aromatic rings. The topological polar surface area (TPSA) is 94.8 Å². The number of ether oxygens (including phenoxy) is 2. The zero-order valence-corrected chi connectivity index (χ0v) is 18.0. The number of esters is 1. The normalized spacial score (nSPS) is 15.1. The molecule has 1 saturated heterocycles. The number of piperidine rings is 1. The molecule has 0 N–H and O–H groups in total. The minimum absolute atomic E-state index is 0.0796. The predicted molar refractivity (Wildman–Crippen MR) is 109 cm³/mol. The molecule has 0 radical (unpaired) electrons. The van der Waals surface area contributed by atoms with Crippen molar-refractivity contribution in [2.75, 3.05) is 19.7 Å². The Morgan fingerprint density at radius 1 is 1.20 bits per heavy atom. The highest BCUT2D eigenvalue weighted by atomic mass is 16.6. The van der Waals surface area contributed by atoms with E-state index in [4.69, 9.17) is 14.0 Å². The summed E-state index contributed by atoms with van der Waals surface area (Å²) in [4.78, 5) is 30.9. The van der Waals surface area contributed by atoms with Crippen molar-refractivity contribution in [3.8, 4) is 17.1 Å². The molecule has 0 aliphatic carbocycles. The van der Waals surface area contributed by atoms with Crippen molar-refractivity contribution in [2.45, 2.75) is 47.1 Å². The smallest absolute Gasteiger partial charge is 0.309 e. The van der Waals surface area contributed by atoms with Crippen molar-refractivity contribution in [3.63, 3.8) is 0 Å². The van der Waals surface area contributed by atoms with Crippen molar-refractivity contribution in [1.82, 2.24) is 15.0 Å². The summed E-state index contributed by atoms with van der Waals surface area (Å²) in [5, 5.41) is 3.97. The fourth-order valence-electron chi connectivity index (χ4n) is 3.40. The van der Waals surface area contributed by atoms with Gasteiger partial charge in [0.25, 0.3) is 5.89 Å². The zero-order valence-electron chi connectivity index (χ0n) is 18.0. The summed E-state index contributed by atoms with van der Waals surface area (Å²) in [5.41, 5.74) is 0.306. The fraction of sp³-hybridized carbons (Fsp3) is 0.545. The maximum atomic E-state index is 12.4. The number of carbonyl (C=O) groups is 2. The maximum Gasteiger partial charge on any atom is 0.309 e. The van der Waals surface area contributed by atoms with Crippen LogP contribution in [-0.2, 0) is 20.9 Å². The van der Waals surface area contributed by atoms with E-state index >= 15 is 0 Å². The Morgan fingerprint density at radius 2 is 1.90 bits per heavy atom. The molecule has 8 heteroatoms. The van der Waals surface area contributed by atoms with Crippen LogP contribution in [0.15, 0.2) is 28.8 Å². The van der Waals surface area contributed by atoms with E-state index in [0.717, 1.165) is 5.56 Å². The Kier molecular flexibility index (Phi) is 6.74. The molecule has 162 valence electrons. The molecule has 8 nitrogen and oxygen atoms in total. The number of aromatic nitrogens is 2. The summed E-state index contributed by atoms with van der Waals surface area (Å²) in [5.74, 6) is 0.868. The van der Waals surface area contributed by atoms with E-state index in [2.05, 4.69) is 10.1 Å². The first kappa shape index (κ1) is 21.8. The SMILES string of the molecule is CCOc1ccccc1-c1noc(COC(=O)C2CCN(C(=O)C(C)(C)C)CC2)n1. The fourth-order valence-corrected chi connectivity index (χ4v) is 3.40. The molecule has 1 aromatic carbocycles. The average Bonchev–Trinajstić information content (AvgIpc) is 3.20. The largest absolute Gasteiger partial charge is 0.493 e. The van der Waals surface area contributed by atoms with E-state index in [1.165, 1.54) is 0 Å². The van der Waals surface area contributed by atoms with Crippen LogP contribution in [0.25, 0.3) is 11.4 Å². The van der Waals surface area contributed by atoms with Gasteiger partial charge in [-0.1, -0.05) is 38.1 Å². The van der Waals surface area contributed by atoms with Crippen LogP contribution in [-0.4, -0.2) is 46.6 Å². The number of hydrogen-bond acceptors (Lipinski definition) is 7. The number of para-hydroxylation sites is 1. The lowest BCUT2D eigenvalue weighted by Crippen LogP contribution is -2.45. The third-order valence-corrected chi connectivity index (χ3v) is 4.99. The Balaban J connectivity index is 1.53. The van der Waals surface area contributed by atoms with E-state index in [-0.39, 0.29) is 30.3 Å². The van der Waals surface area contributed by atoms with Crippen LogP contribution in [0, 0.1) is 11.3 Å². The lowest BCUT2D eigenvalue weighted by molar-refractivity contribution is -0.154.